The molecule has 0 spiro atoms. The minimum Gasteiger partial charge on any atom is -0.399 e. The number of nitrogen functional groups attached to an aromatic ring is 1. The van der Waals surface area contributed by atoms with Crippen molar-refractivity contribution >= 4 is 11.6 Å². The maximum Gasteiger partial charge on any atom is 0.229 e. The SMILES string of the molecule is CCN(CC1CC1)C(=O)C(C)c1cccc(N)c1. The van der Waals surface area contributed by atoms with Crippen LogP contribution >= 0.6 is 0 Å². The quantitative estimate of drug-likeness (QED) is 0.812. The summed E-state index contributed by atoms with van der Waals surface area (Å²) in [5.74, 6) is 0.851. The molecule has 18 heavy (non-hydrogen) atoms. The van der Waals surface area contributed by atoms with Crippen LogP contribution in [-0.4, -0.2) is 23.9 Å². The topological polar surface area (TPSA) is 46.3 Å². The zero-order valence-electron chi connectivity index (χ0n) is 11.2. The molecule has 1 unspecified atom stereocenters. The fourth-order valence-corrected chi connectivity index (χ4v) is 2.23. The molecule has 0 aromatic heterocycles. The van der Waals surface area contributed by atoms with E-state index in [-0.39, 0.29) is 11.8 Å². The van der Waals surface area contributed by atoms with E-state index in [1.54, 1.807) is 0 Å². The van der Waals surface area contributed by atoms with Crippen LogP contribution in [0.3, 0.4) is 0 Å². The first-order chi connectivity index (χ1) is 8.61. The van der Waals surface area contributed by atoms with Crippen LogP contribution in [0.2, 0.25) is 0 Å². The molecule has 3 heteroatoms. The molecule has 0 aliphatic heterocycles. The largest absolute Gasteiger partial charge is 0.399 e. The van der Waals surface area contributed by atoms with Gasteiger partial charge in [-0.15, -0.1) is 0 Å². The molecule has 1 saturated carbocycles. The Labute approximate surface area is 109 Å². The summed E-state index contributed by atoms with van der Waals surface area (Å²) in [6, 6.07) is 7.63. The lowest BCUT2D eigenvalue weighted by Crippen LogP contribution is -2.35. The molecule has 1 aliphatic carbocycles. The molecular weight excluding hydrogens is 224 g/mol. The lowest BCUT2D eigenvalue weighted by atomic mass is 9.99. The Morgan fingerprint density at radius 3 is 2.78 bits per heavy atom. The third-order valence-corrected chi connectivity index (χ3v) is 3.65. The first-order valence-corrected chi connectivity index (χ1v) is 6.76. The third-order valence-electron chi connectivity index (χ3n) is 3.65. The zero-order chi connectivity index (χ0) is 13.1. The molecule has 98 valence electrons. The molecule has 0 radical (unpaired) electrons. The summed E-state index contributed by atoms with van der Waals surface area (Å²) in [5.41, 5.74) is 7.50. The summed E-state index contributed by atoms with van der Waals surface area (Å²) in [5, 5.41) is 0. The minimum atomic E-state index is -0.104. The molecule has 3 nitrogen and oxygen atoms in total. The Hall–Kier alpha value is -1.51. The zero-order valence-corrected chi connectivity index (χ0v) is 11.2. The molecule has 1 aliphatic rings. The lowest BCUT2D eigenvalue weighted by molar-refractivity contribution is -0.132. The fourth-order valence-electron chi connectivity index (χ4n) is 2.23. The molecule has 1 amide bonds. The fraction of sp³-hybridized carbons (Fsp3) is 0.533. The standard InChI is InChI=1S/C15H22N2O/c1-3-17(10-12-7-8-12)15(18)11(2)13-5-4-6-14(16)9-13/h4-6,9,11-12H,3,7-8,10,16H2,1-2H3. The van der Waals surface area contributed by atoms with Crippen molar-refractivity contribution in [3.05, 3.63) is 29.8 Å². The van der Waals surface area contributed by atoms with Gasteiger partial charge in [0.2, 0.25) is 5.91 Å². The number of hydrogen-bond acceptors (Lipinski definition) is 2. The van der Waals surface area contributed by atoms with E-state index in [9.17, 15) is 4.79 Å². The van der Waals surface area contributed by atoms with Crippen molar-refractivity contribution in [1.82, 2.24) is 4.90 Å². The van der Waals surface area contributed by atoms with Crippen LogP contribution in [0.5, 0.6) is 0 Å². The highest BCUT2D eigenvalue weighted by Crippen LogP contribution is 2.30. The molecule has 2 rings (SSSR count). The van der Waals surface area contributed by atoms with Crippen molar-refractivity contribution in [2.75, 3.05) is 18.8 Å². The molecule has 1 aromatic rings. The molecule has 2 N–H and O–H groups in total. The van der Waals surface area contributed by atoms with E-state index >= 15 is 0 Å². The predicted molar refractivity (Wildman–Crippen MR) is 74.2 cm³/mol. The molecule has 0 heterocycles. The molecule has 1 aromatic carbocycles. The van der Waals surface area contributed by atoms with Gasteiger partial charge in [-0.1, -0.05) is 12.1 Å². The maximum absolute atomic E-state index is 12.4. The number of hydrogen-bond donors (Lipinski definition) is 1. The summed E-state index contributed by atoms with van der Waals surface area (Å²) in [6.45, 7) is 5.73. The van der Waals surface area contributed by atoms with Gasteiger partial charge >= 0.3 is 0 Å². The van der Waals surface area contributed by atoms with Crippen LogP contribution < -0.4 is 5.73 Å². The van der Waals surface area contributed by atoms with E-state index < -0.39 is 0 Å². The van der Waals surface area contributed by atoms with Crippen LogP contribution in [0.15, 0.2) is 24.3 Å². The van der Waals surface area contributed by atoms with Crippen molar-refractivity contribution in [2.45, 2.75) is 32.6 Å². The van der Waals surface area contributed by atoms with Crippen molar-refractivity contribution in [3.8, 4) is 0 Å². The summed E-state index contributed by atoms with van der Waals surface area (Å²) in [4.78, 5) is 14.4. The van der Waals surface area contributed by atoms with E-state index in [1.165, 1.54) is 12.8 Å². The second kappa shape index (κ2) is 5.42. The molecule has 1 fully saturated rings. The van der Waals surface area contributed by atoms with E-state index in [0.717, 1.165) is 30.3 Å². The highest BCUT2D eigenvalue weighted by molar-refractivity contribution is 5.83. The normalized spacial score (nSPS) is 16.3. The van der Waals surface area contributed by atoms with Gasteiger partial charge in [-0.2, -0.15) is 0 Å². The first kappa shape index (κ1) is 12.9. The van der Waals surface area contributed by atoms with Gasteiger partial charge in [0.05, 0.1) is 5.92 Å². The average molecular weight is 246 g/mol. The van der Waals surface area contributed by atoms with Gasteiger partial charge in [0.1, 0.15) is 0 Å². The second-order valence-electron chi connectivity index (χ2n) is 5.21. The highest BCUT2D eigenvalue weighted by atomic mass is 16.2. The van der Waals surface area contributed by atoms with Gasteiger partial charge in [-0.25, -0.2) is 0 Å². The maximum atomic E-state index is 12.4. The number of rotatable bonds is 5. The van der Waals surface area contributed by atoms with E-state index in [2.05, 4.69) is 0 Å². The Kier molecular flexibility index (Phi) is 3.90. The third kappa shape index (κ3) is 3.03. The smallest absolute Gasteiger partial charge is 0.229 e. The number of amides is 1. The summed E-state index contributed by atoms with van der Waals surface area (Å²) in [6.07, 6.45) is 2.55. The van der Waals surface area contributed by atoms with Gasteiger partial charge in [0.15, 0.2) is 0 Å². The first-order valence-electron chi connectivity index (χ1n) is 6.76. The van der Waals surface area contributed by atoms with Crippen molar-refractivity contribution < 1.29 is 4.79 Å². The van der Waals surface area contributed by atoms with Crippen molar-refractivity contribution in [2.24, 2.45) is 5.92 Å². The average Bonchev–Trinajstić information content (AvgIpc) is 3.18. The number of likely N-dealkylation sites (N-methyl/N-ethyl adjacent to an activating group) is 1. The summed E-state index contributed by atoms with van der Waals surface area (Å²) < 4.78 is 0. The highest BCUT2D eigenvalue weighted by Gasteiger charge is 2.28. The van der Waals surface area contributed by atoms with Crippen molar-refractivity contribution in [3.63, 3.8) is 0 Å². The van der Waals surface area contributed by atoms with Crippen LogP contribution in [0.4, 0.5) is 5.69 Å². The van der Waals surface area contributed by atoms with E-state index in [0.29, 0.717) is 0 Å². The Morgan fingerprint density at radius 2 is 2.22 bits per heavy atom. The Balaban J connectivity index is 2.06. The Morgan fingerprint density at radius 1 is 1.50 bits per heavy atom. The molecule has 0 saturated heterocycles. The van der Waals surface area contributed by atoms with Gasteiger partial charge in [-0.05, 0) is 50.3 Å². The number of nitrogens with two attached hydrogens (primary N) is 1. The Bertz CT molecular complexity index is 426. The van der Waals surface area contributed by atoms with Crippen LogP contribution in [0.1, 0.15) is 38.2 Å². The van der Waals surface area contributed by atoms with Crippen LogP contribution in [0, 0.1) is 5.92 Å². The van der Waals surface area contributed by atoms with Gasteiger partial charge in [0.25, 0.3) is 0 Å². The number of carbonyl (C=O) groups excluding carboxylic acids is 1. The number of nitrogens with zero attached hydrogens (tertiary/aromatic N) is 1. The van der Waals surface area contributed by atoms with Gasteiger partial charge in [0, 0.05) is 18.8 Å². The van der Waals surface area contributed by atoms with Crippen LogP contribution in [-0.2, 0) is 4.79 Å². The van der Waals surface area contributed by atoms with E-state index in [4.69, 9.17) is 5.73 Å². The van der Waals surface area contributed by atoms with Crippen LogP contribution in [0.25, 0.3) is 0 Å². The summed E-state index contributed by atoms with van der Waals surface area (Å²) >= 11 is 0. The molecule has 1 atom stereocenters. The molecule has 0 bridgehead atoms. The lowest BCUT2D eigenvalue weighted by Gasteiger charge is -2.24. The number of carbonyl (C=O) groups is 1. The van der Waals surface area contributed by atoms with Gasteiger partial charge in [-0.3, -0.25) is 4.79 Å². The van der Waals surface area contributed by atoms with E-state index in [1.807, 2.05) is 43.0 Å². The second-order valence-corrected chi connectivity index (χ2v) is 5.21. The van der Waals surface area contributed by atoms with Gasteiger partial charge < -0.3 is 10.6 Å². The summed E-state index contributed by atoms with van der Waals surface area (Å²) in [7, 11) is 0. The monoisotopic (exact) mass is 246 g/mol. The molecular formula is C15H22N2O. The number of benzene rings is 1. The minimum absolute atomic E-state index is 0.104. The van der Waals surface area contributed by atoms with Crippen molar-refractivity contribution in [1.29, 1.82) is 0 Å². The predicted octanol–water partition coefficient (Wildman–Crippen LogP) is 2.63. The number of anilines is 1.